The third-order valence-electron chi connectivity index (χ3n) is 2.93. The highest BCUT2D eigenvalue weighted by atomic mass is 32.1. The summed E-state index contributed by atoms with van der Waals surface area (Å²) in [6.07, 6.45) is 2.33. The van der Waals surface area contributed by atoms with Crippen LogP contribution < -0.4 is 10.6 Å². The number of amides is 1. The first-order valence-corrected chi connectivity index (χ1v) is 7.87. The number of carbonyl (C=O) groups is 1. The molecular weight excluding hydrogens is 302 g/mol. The second kappa shape index (κ2) is 7.81. The minimum Gasteiger partial charge on any atom is -0.394 e. The Labute approximate surface area is 132 Å². The van der Waals surface area contributed by atoms with Crippen LogP contribution in [0.1, 0.15) is 30.6 Å². The van der Waals surface area contributed by atoms with Crippen LogP contribution in [-0.2, 0) is 0 Å². The zero-order valence-electron chi connectivity index (χ0n) is 12.5. The summed E-state index contributed by atoms with van der Waals surface area (Å²) in [4.78, 5) is 16.2. The number of pyridine rings is 1. The first-order chi connectivity index (χ1) is 10.6. The lowest BCUT2D eigenvalue weighted by atomic mass is 10.0. The van der Waals surface area contributed by atoms with Crippen LogP contribution in [0.2, 0.25) is 0 Å². The largest absolute Gasteiger partial charge is 0.394 e. The lowest BCUT2D eigenvalue weighted by Crippen LogP contribution is -2.26. The first kappa shape index (κ1) is 16.3. The lowest BCUT2D eigenvalue weighted by Gasteiger charge is -2.18. The van der Waals surface area contributed by atoms with Crippen LogP contribution in [0, 0.1) is 5.92 Å². The molecule has 0 radical (unpaired) electrons. The van der Waals surface area contributed by atoms with E-state index in [9.17, 15) is 9.90 Å². The van der Waals surface area contributed by atoms with Gasteiger partial charge in [-0.2, -0.15) is 0 Å². The van der Waals surface area contributed by atoms with Crippen LogP contribution >= 0.6 is 11.3 Å². The minimum absolute atomic E-state index is 0.0408. The summed E-state index contributed by atoms with van der Waals surface area (Å²) >= 11 is 1.25. The molecule has 0 fully saturated rings. The number of nitrogens with one attached hydrogen (secondary N) is 2. The van der Waals surface area contributed by atoms with Crippen LogP contribution in [0.3, 0.4) is 0 Å². The second-order valence-electron chi connectivity index (χ2n) is 5.28. The topological polar surface area (TPSA) is 100 Å². The third-order valence-corrected chi connectivity index (χ3v) is 3.54. The molecular formula is C14H19N5O2S. The molecule has 8 heteroatoms. The number of aliphatic hydroxyl groups is 1. The van der Waals surface area contributed by atoms with E-state index >= 15 is 0 Å². The number of anilines is 2. The van der Waals surface area contributed by atoms with Crippen molar-refractivity contribution in [3.8, 4) is 0 Å². The summed E-state index contributed by atoms with van der Waals surface area (Å²) in [5, 5.41) is 23.0. The monoisotopic (exact) mass is 321 g/mol. The van der Waals surface area contributed by atoms with Gasteiger partial charge in [0, 0.05) is 6.20 Å². The van der Waals surface area contributed by atoms with Crippen molar-refractivity contribution in [1.82, 2.24) is 15.2 Å². The van der Waals surface area contributed by atoms with E-state index < -0.39 is 0 Å². The number of carbonyl (C=O) groups excluding carboxylic acids is 1. The number of hydrogen-bond donors (Lipinski definition) is 3. The Balaban J connectivity index is 1.96. The first-order valence-electron chi connectivity index (χ1n) is 6.99. The molecule has 0 spiro atoms. The number of aliphatic hydroxyl groups excluding tert-OH is 1. The smallest absolute Gasteiger partial charge is 0.259 e. The predicted molar refractivity (Wildman–Crippen MR) is 86.1 cm³/mol. The summed E-state index contributed by atoms with van der Waals surface area (Å²) in [7, 11) is 0. The molecule has 118 valence electrons. The van der Waals surface area contributed by atoms with Crippen molar-refractivity contribution in [3.05, 3.63) is 29.4 Å². The molecule has 0 aliphatic rings. The highest BCUT2D eigenvalue weighted by molar-refractivity contribution is 7.13. The molecule has 7 nitrogen and oxygen atoms in total. The SMILES string of the molecule is CC(C)CC(CO)Nc1ccc(C(=O)Nc2nncs2)cn1. The third kappa shape index (κ3) is 4.74. The Morgan fingerprint density at radius 2 is 2.23 bits per heavy atom. The Kier molecular flexibility index (Phi) is 5.79. The quantitative estimate of drug-likeness (QED) is 0.721. The number of hydrogen-bond acceptors (Lipinski definition) is 7. The van der Waals surface area contributed by atoms with Gasteiger partial charge in [0.2, 0.25) is 5.13 Å². The van der Waals surface area contributed by atoms with E-state index in [1.807, 2.05) is 0 Å². The summed E-state index contributed by atoms with van der Waals surface area (Å²) < 4.78 is 0. The van der Waals surface area contributed by atoms with Crippen molar-refractivity contribution < 1.29 is 9.90 Å². The van der Waals surface area contributed by atoms with E-state index in [0.717, 1.165) is 6.42 Å². The van der Waals surface area contributed by atoms with Crippen molar-refractivity contribution in [2.24, 2.45) is 5.92 Å². The molecule has 0 saturated carbocycles. The maximum atomic E-state index is 12.0. The average Bonchev–Trinajstić information content (AvgIpc) is 2.99. The zero-order chi connectivity index (χ0) is 15.9. The fourth-order valence-electron chi connectivity index (χ4n) is 1.97. The van der Waals surface area contributed by atoms with Gasteiger partial charge in [0.05, 0.1) is 18.2 Å². The van der Waals surface area contributed by atoms with Gasteiger partial charge in [-0.15, -0.1) is 10.2 Å². The van der Waals surface area contributed by atoms with Gasteiger partial charge in [-0.1, -0.05) is 25.2 Å². The van der Waals surface area contributed by atoms with Gasteiger partial charge >= 0.3 is 0 Å². The lowest BCUT2D eigenvalue weighted by molar-refractivity contribution is 0.102. The van der Waals surface area contributed by atoms with Crippen molar-refractivity contribution >= 4 is 28.2 Å². The van der Waals surface area contributed by atoms with Crippen molar-refractivity contribution in [3.63, 3.8) is 0 Å². The van der Waals surface area contributed by atoms with E-state index in [1.54, 1.807) is 17.6 Å². The standard InChI is InChI=1S/C14H19N5O2S/c1-9(2)5-11(7-20)17-12-4-3-10(6-15-12)13(21)18-14-19-16-8-22-14/h3-4,6,8-9,11,20H,5,7H2,1-2H3,(H,15,17)(H,18,19,21). The molecule has 2 aromatic heterocycles. The molecule has 0 aromatic carbocycles. The molecule has 3 N–H and O–H groups in total. The van der Waals surface area contributed by atoms with E-state index in [2.05, 4.69) is 39.7 Å². The maximum Gasteiger partial charge on any atom is 0.259 e. The van der Waals surface area contributed by atoms with Crippen molar-refractivity contribution in [1.29, 1.82) is 0 Å². The Morgan fingerprint density at radius 1 is 1.41 bits per heavy atom. The molecule has 0 aliphatic carbocycles. The maximum absolute atomic E-state index is 12.0. The average molecular weight is 321 g/mol. The van der Waals surface area contributed by atoms with Gasteiger partial charge in [-0.05, 0) is 24.5 Å². The van der Waals surface area contributed by atoms with Crippen molar-refractivity contribution in [2.75, 3.05) is 17.2 Å². The number of rotatable bonds is 7. The fraction of sp³-hybridized carbons (Fsp3) is 0.429. The minimum atomic E-state index is -0.281. The highest BCUT2D eigenvalue weighted by Gasteiger charge is 2.12. The van der Waals surface area contributed by atoms with Crippen LogP contribution in [0.25, 0.3) is 0 Å². The Morgan fingerprint density at radius 3 is 2.77 bits per heavy atom. The van der Waals surface area contributed by atoms with E-state index in [-0.39, 0.29) is 18.6 Å². The van der Waals surface area contributed by atoms with Gasteiger partial charge in [-0.25, -0.2) is 4.98 Å². The fourth-order valence-corrected chi connectivity index (χ4v) is 2.41. The van der Waals surface area contributed by atoms with Crippen molar-refractivity contribution in [2.45, 2.75) is 26.3 Å². The summed E-state index contributed by atoms with van der Waals surface area (Å²) in [6.45, 7) is 4.23. The molecule has 2 heterocycles. The molecule has 2 rings (SSSR count). The molecule has 2 aromatic rings. The molecule has 0 aliphatic heterocycles. The van der Waals surface area contributed by atoms with Crippen LogP contribution in [0.15, 0.2) is 23.8 Å². The molecule has 22 heavy (non-hydrogen) atoms. The van der Waals surface area contributed by atoms with E-state index in [4.69, 9.17) is 0 Å². The van der Waals surface area contributed by atoms with Gasteiger partial charge in [0.1, 0.15) is 11.3 Å². The van der Waals surface area contributed by atoms with Crippen LogP contribution in [0.4, 0.5) is 10.9 Å². The number of aromatic nitrogens is 3. The van der Waals surface area contributed by atoms with Gasteiger partial charge in [0.25, 0.3) is 5.91 Å². The second-order valence-corrected chi connectivity index (χ2v) is 6.12. The summed E-state index contributed by atoms with van der Waals surface area (Å²) in [5.41, 5.74) is 1.98. The van der Waals surface area contributed by atoms with Gasteiger partial charge in [-0.3, -0.25) is 10.1 Å². The normalized spacial score (nSPS) is 12.2. The highest BCUT2D eigenvalue weighted by Crippen LogP contribution is 2.13. The zero-order valence-corrected chi connectivity index (χ0v) is 13.3. The Bertz CT molecular complexity index is 586. The van der Waals surface area contributed by atoms with Gasteiger partial charge < -0.3 is 10.4 Å². The van der Waals surface area contributed by atoms with E-state index in [0.29, 0.717) is 22.4 Å². The van der Waals surface area contributed by atoms with Gasteiger partial charge in [0.15, 0.2) is 0 Å². The molecule has 0 saturated heterocycles. The predicted octanol–water partition coefficient (Wildman–Crippen LogP) is 2.00. The number of nitrogens with zero attached hydrogens (tertiary/aromatic N) is 3. The summed E-state index contributed by atoms with van der Waals surface area (Å²) in [5.74, 6) is 0.825. The van der Waals surface area contributed by atoms with Crippen LogP contribution in [0.5, 0.6) is 0 Å². The summed E-state index contributed by atoms with van der Waals surface area (Å²) in [6, 6.07) is 3.35. The molecule has 0 bridgehead atoms. The van der Waals surface area contributed by atoms with Crippen LogP contribution in [-0.4, -0.2) is 38.8 Å². The molecule has 1 amide bonds. The van der Waals surface area contributed by atoms with E-state index in [1.165, 1.54) is 17.5 Å². The Hall–Kier alpha value is -2.06. The molecule has 1 unspecified atom stereocenters. The molecule has 1 atom stereocenters.